The van der Waals surface area contributed by atoms with Crippen LogP contribution >= 0.6 is 0 Å². The van der Waals surface area contributed by atoms with E-state index < -0.39 is 0 Å². The molecule has 0 N–H and O–H groups in total. The molecule has 1 saturated heterocycles. The van der Waals surface area contributed by atoms with Gasteiger partial charge < -0.3 is 14.3 Å². The van der Waals surface area contributed by atoms with Crippen LogP contribution in [0.3, 0.4) is 0 Å². The third-order valence-electron chi connectivity index (χ3n) is 5.16. The first-order chi connectivity index (χ1) is 12.2. The van der Waals surface area contributed by atoms with Crippen LogP contribution in [0.25, 0.3) is 0 Å². The van der Waals surface area contributed by atoms with Gasteiger partial charge in [-0.25, -0.2) is 4.39 Å². The average molecular weight is 343 g/mol. The van der Waals surface area contributed by atoms with E-state index in [9.17, 15) is 9.18 Å². The molecule has 0 unspecified atom stereocenters. The minimum Gasteiger partial charge on any atom is -0.366 e. The Labute approximate surface area is 146 Å². The monoisotopic (exact) mass is 343 g/mol. The standard InChI is InChI=1S/C19H22FN3O2/c20-15-7-4-5-8-16(15)22-10-12-23(13-11-22)19(24)18-14-6-2-1-3-9-17(14)25-21-18/h4-5,7-8H,1-3,6,9-13H2. The van der Waals surface area contributed by atoms with Crippen molar-refractivity contribution < 1.29 is 13.7 Å². The number of nitrogens with zero attached hydrogens (tertiary/aromatic N) is 3. The summed E-state index contributed by atoms with van der Waals surface area (Å²) in [6.45, 7) is 2.36. The van der Waals surface area contributed by atoms with E-state index in [4.69, 9.17) is 4.52 Å². The van der Waals surface area contributed by atoms with E-state index in [-0.39, 0.29) is 11.7 Å². The zero-order chi connectivity index (χ0) is 17.2. The second-order valence-corrected chi connectivity index (χ2v) is 6.72. The fraction of sp³-hybridized carbons (Fsp3) is 0.474. The summed E-state index contributed by atoms with van der Waals surface area (Å²) < 4.78 is 19.4. The molecule has 1 aliphatic heterocycles. The van der Waals surface area contributed by atoms with Gasteiger partial charge in [-0.15, -0.1) is 0 Å². The van der Waals surface area contributed by atoms with Crippen LogP contribution in [0.2, 0.25) is 0 Å². The van der Waals surface area contributed by atoms with Gasteiger partial charge in [0.15, 0.2) is 5.69 Å². The van der Waals surface area contributed by atoms with Gasteiger partial charge in [0.2, 0.25) is 0 Å². The van der Waals surface area contributed by atoms with Crippen molar-refractivity contribution in [1.29, 1.82) is 0 Å². The highest BCUT2D eigenvalue weighted by molar-refractivity contribution is 5.94. The number of carbonyl (C=O) groups excluding carboxylic acids is 1. The van der Waals surface area contributed by atoms with Gasteiger partial charge in [0.25, 0.3) is 5.91 Å². The SMILES string of the molecule is O=C(c1noc2c1CCCCC2)N1CCN(c2ccccc2F)CC1. The van der Waals surface area contributed by atoms with Crippen molar-refractivity contribution in [3.05, 3.63) is 47.1 Å². The Bertz CT molecular complexity index is 766. The molecule has 1 aliphatic carbocycles. The number of carbonyl (C=O) groups is 1. The van der Waals surface area contributed by atoms with Crippen molar-refractivity contribution in [2.24, 2.45) is 0 Å². The molecule has 2 heterocycles. The van der Waals surface area contributed by atoms with Crippen LogP contribution in [0.4, 0.5) is 10.1 Å². The van der Waals surface area contributed by atoms with Gasteiger partial charge in [-0.1, -0.05) is 23.7 Å². The van der Waals surface area contributed by atoms with Crippen molar-refractivity contribution in [3.8, 4) is 0 Å². The topological polar surface area (TPSA) is 49.6 Å². The highest BCUT2D eigenvalue weighted by Gasteiger charge is 2.29. The molecule has 5 nitrogen and oxygen atoms in total. The molecule has 4 rings (SSSR count). The molecule has 132 valence electrons. The van der Waals surface area contributed by atoms with Crippen LogP contribution < -0.4 is 4.90 Å². The molecular weight excluding hydrogens is 321 g/mol. The van der Waals surface area contributed by atoms with E-state index in [1.807, 2.05) is 11.0 Å². The Hall–Kier alpha value is -2.37. The smallest absolute Gasteiger partial charge is 0.276 e. The molecule has 0 bridgehead atoms. The molecule has 1 aromatic carbocycles. The Kier molecular flexibility index (Phi) is 4.42. The van der Waals surface area contributed by atoms with Gasteiger partial charge in [-0.05, 0) is 31.4 Å². The van der Waals surface area contributed by atoms with Crippen molar-refractivity contribution in [1.82, 2.24) is 10.1 Å². The third-order valence-corrected chi connectivity index (χ3v) is 5.16. The van der Waals surface area contributed by atoms with E-state index in [2.05, 4.69) is 5.16 Å². The van der Waals surface area contributed by atoms with Gasteiger partial charge >= 0.3 is 0 Å². The van der Waals surface area contributed by atoms with Crippen molar-refractivity contribution >= 4 is 11.6 Å². The van der Waals surface area contributed by atoms with Gasteiger partial charge in [0, 0.05) is 38.2 Å². The summed E-state index contributed by atoms with van der Waals surface area (Å²) in [4.78, 5) is 16.7. The fourth-order valence-electron chi connectivity index (χ4n) is 3.74. The first kappa shape index (κ1) is 16.1. The lowest BCUT2D eigenvalue weighted by molar-refractivity contribution is 0.0735. The number of anilines is 1. The lowest BCUT2D eigenvalue weighted by Crippen LogP contribution is -2.49. The van der Waals surface area contributed by atoms with Crippen LogP contribution in [0, 0.1) is 5.82 Å². The number of para-hydroxylation sites is 1. The van der Waals surface area contributed by atoms with Gasteiger partial charge in [-0.3, -0.25) is 4.79 Å². The summed E-state index contributed by atoms with van der Waals surface area (Å²) in [6.07, 6.45) is 5.08. The predicted octanol–water partition coefficient (Wildman–Crippen LogP) is 3.05. The Morgan fingerprint density at radius 1 is 1.04 bits per heavy atom. The lowest BCUT2D eigenvalue weighted by atomic mass is 10.1. The van der Waals surface area contributed by atoms with E-state index in [0.717, 1.165) is 37.0 Å². The Morgan fingerprint density at radius 3 is 2.60 bits per heavy atom. The minimum atomic E-state index is -0.218. The van der Waals surface area contributed by atoms with E-state index in [1.165, 1.54) is 12.5 Å². The molecule has 6 heteroatoms. The molecular formula is C19H22FN3O2. The normalized spacial score (nSPS) is 18.0. The zero-order valence-electron chi connectivity index (χ0n) is 14.2. The highest BCUT2D eigenvalue weighted by atomic mass is 19.1. The number of rotatable bonds is 2. The number of piperazine rings is 1. The number of amides is 1. The van der Waals surface area contributed by atoms with Gasteiger partial charge in [-0.2, -0.15) is 0 Å². The number of benzene rings is 1. The summed E-state index contributed by atoms with van der Waals surface area (Å²) in [6, 6.07) is 6.78. The lowest BCUT2D eigenvalue weighted by Gasteiger charge is -2.36. The first-order valence-electron chi connectivity index (χ1n) is 9.00. The molecule has 0 radical (unpaired) electrons. The predicted molar refractivity (Wildman–Crippen MR) is 92.3 cm³/mol. The number of hydrogen-bond acceptors (Lipinski definition) is 4. The first-order valence-corrected chi connectivity index (χ1v) is 9.00. The Balaban J connectivity index is 1.45. The molecule has 1 aromatic heterocycles. The van der Waals surface area contributed by atoms with Crippen LogP contribution in [0.5, 0.6) is 0 Å². The second-order valence-electron chi connectivity index (χ2n) is 6.72. The van der Waals surface area contributed by atoms with E-state index >= 15 is 0 Å². The van der Waals surface area contributed by atoms with Crippen LogP contribution in [0.1, 0.15) is 41.1 Å². The van der Waals surface area contributed by atoms with Crippen LogP contribution in [0.15, 0.2) is 28.8 Å². The number of halogens is 1. The van der Waals surface area contributed by atoms with Gasteiger partial charge in [0.05, 0.1) is 5.69 Å². The number of aryl methyl sites for hydroxylation is 1. The second kappa shape index (κ2) is 6.86. The van der Waals surface area contributed by atoms with E-state index in [0.29, 0.717) is 37.6 Å². The number of aromatic nitrogens is 1. The molecule has 0 atom stereocenters. The third kappa shape index (κ3) is 3.13. The van der Waals surface area contributed by atoms with Crippen molar-refractivity contribution in [2.45, 2.75) is 32.1 Å². The summed E-state index contributed by atoms with van der Waals surface area (Å²) in [7, 11) is 0. The van der Waals surface area contributed by atoms with Crippen LogP contribution in [-0.4, -0.2) is 42.1 Å². The summed E-state index contributed by atoms with van der Waals surface area (Å²) in [5.74, 6) is 0.607. The maximum absolute atomic E-state index is 13.9. The highest BCUT2D eigenvalue weighted by Crippen LogP contribution is 2.25. The molecule has 2 aromatic rings. The molecule has 25 heavy (non-hydrogen) atoms. The number of fused-ring (bicyclic) bond motifs is 1. The summed E-state index contributed by atoms with van der Waals surface area (Å²) >= 11 is 0. The quantitative estimate of drug-likeness (QED) is 0.787. The average Bonchev–Trinajstić information content (AvgIpc) is 2.90. The van der Waals surface area contributed by atoms with E-state index in [1.54, 1.807) is 17.0 Å². The Morgan fingerprint density at radius 2 is 1.80 bits per heavy atom. The fourth-order valence-corrected chi connectivity index (χ4v) is 3.74. The summed E-state index contributed by atoms with van der Waals surface area (Å²) in [5.41, 5.74) is 2.08. The molecule has 1 amide bonds. The molecule has 0 spiro atoms. The van der Waals surface area contributed by atoms with Crippen LogP contribution in [-0.2, 0) is 12.8 Å². The molecule has 0 saturated carbocycles. The maximum atomic E-state index is 13.9. The molecule has 2 aliphatic rings. The zero-order valence-corrected chi connectivity index (χ0v) is 14.2. The summed E-state index contributed by atoms with van der Waals surface area (Å²) in [5, 5.41) is 4.07. The largest absolute Gasteiger partial charge is 0.366 e. The maximum Gasteiger partial charge on any atom is 0.276 e. The van der Waals surface area contributed by atoms with Gasteiger partial charge in [0.1, 0.15) is 11.6 Å². The number of hydrogen-bond donors (Lipinski definition) is 0. The minimum absolute atomic E-state index is 0.0555. The van der Waals surface area contributed by atoms with Crippen molar-refractivity contribution in [3.63, 3.8) is 0 Å². The molecule has 1 fully saturated rings. The van der Waals surface area contributed by atoms with Crippen molar-refractivity contribution in [2.75, 3.05) is 31.1 Å².